The number of benzene rings is 1. The number of ether oxygens (including phenoxy) is 2. The predicted molar refractivity (Wildman–Crippen MR) is 82.8 cm³/mol. The number of rotatable bonds is 5. The van der Waals surface area contributed by atoms with Crippen LogP contribution in [0.25, 0.3) is 0 Å². The average Bonchev–Trinajstić information content (AvgIpc) is 2.38. The normalized spacial score (nSPS) is 14.7. The molecule has 2 rings (SSSR count). The Bertz CT molecular complexity index is 472. The fourth-order valence-electron chi connectivity index (χ4n) is 2.00. The van der Waals surface area contributed by atoms with Gasteiger partial charge in [-0.15, -0.1) is 0 Å². The molecule has 0 saturated carbocycles. The van der Waals surface area contributed by atoms with Gasteiger partial charge in [0.05, 0.1) is 5.02 Å². The first-order chi connectivity index (χ1) is 9.40. The number of fused-ring (bicyclic) bond motifs is 1. The van der Waals surface area contributed by atoms with Gasteiger partial charge in [-0.25, -0.2) is 0 Å². The molecule has 1 heterocycles. The minimum Gasteiger partial charge on any atom is -0.486 e. The lowest BCUT2D eigenvalue weighted by molar-refractivity contribution is 0.171. The molecular formula is C16H24ClNO2. The lowest BCUT2D eigenvalue weighted by atomic mass is 9.81. The minimum absolute atomic E-state index is 0.275. The van der Waals surface area contributed by atoms with Gasteiger partial charge in [0.15, 0.2) is 11.5 Å². The van der Waals surface area contributed by atoms with Crippen LogP contribution in [0.5, 0.6) is 11.5 Å². The molecule has 1 aliphatic rings. The summed E-state index contributed by atoms with van der Waals surface area (Å²) in [7, 11) is 0. The fourth-order valence-corrected chi connectivity index (χ4v) is 2.29. The fraction of sp³-hybridized carbons (Fsp3) is 0.625. The maximum Gasteiger partial charge on any atom is 0.179 e. The van der Waals surface area contributed by atoms with Crippen LogP contribution in [0, 0.1) is 11.3 Å². The van der Waals surface area contributed by atoms with Gasteiger partial charge in [0.2, 0.25) is 0 Å². The van der Waals surface area contributed by atoms with E-state index in [2.05, 4.69) is 33.0 Å². The van der Waals surface area contributed by atoms with Gasteiger partial charge in [-0.3, -0.25) is 0 Å². The van der Waals surface area contributed by atoms with E-state index in [1.807, 2.05) is 12.1 Å². The van der Waals surface area contributed by atoms with E-state index in [0.29, 0.717) is 29.9 Å². The minimum atomic E-state index is 0.275. The second-order valence-corrected chi connectivity index (χ2v) is 6.76. The maximum atomic E-state index is 6.23. The number of halogens is 1. The Morgan fingerprint density at radius 3 is 2.65 bits per heavy atom. The van der Waals surface area contributed by atoms with Crippen molar-refractivity contribution in [2.75, 3.05) is 19.8 Å². The molecule has 0 aliphatic carbocycles. The molecule has 0 radical (unpaired) electrons. The van der Waals surface area contributed by atoms with E-state index in [1.165, 1.54) is 0 Å². The van der Waals surface area contributed by atoms with Crippen LogP contribution in [0.2, 0.25) is 5.02 Å². The quantitative estimate of drug-likeness (QED) is 0.894. The molecule has 0 amide bonds. The zero-order valence-corrected chi connectivity index (χ0v) is 13.5. The van der Waals surface area contributed by atoms with E-state index in [1.54, 1.807) is 0 Å². The van der Waals surface area contributed by atoms with E-state index < -0.39 is 0 Å². The van der Waals surface area contributed by atoms with E-state index in [4.69, 9.17) is 21.1 Å². The zero-order valence-electron chi connectivity index (χ0n) is 12.8. The lowest BCUT2D eigenvalue weighted by Gasteiger charge is -2.29. The highest BCUT2D eigenvalue weighted by Gasteiger charge is 2.22. The summed E-state index contributed by atoms with van der Waals surface area (Å²) in [5.41, 5.74) is 1.40. The van der Waals surface area contributed by atoms with Gasteiger partial charge in [0.1, 0.15) is 13.2 Å². The second-order valence-electron chi connectivity index (χ2n) is 6.35. The summed E-state index contributed by atoms with van der Waals surface area (Å²) in [4.78, 5) is 0. The van der Waals surface area contributed by atoms with Crippen molar-refractivity contribution in [2.45, 2.75) is 34.2 Å². The van der Waals surface area contributed by atoms with Crippen LogP contribution >= 0.6 is 11.6 Å². The third kappa shape index (κ3) is 3.58. The summed E-state index contributed by atoms with van der Waals surface area (Å²) >= 11 is 6.23. The van der Waals surface area contributed by atoms with Crippen molar-refractivity contribution in [1.82, 2.24) is 5.32 Å². The molecule has 0 atom stereocenters. The third-order valence-electron chi connectivity index (χ3n) is 4.13. The van der Waals surface area contributed by atoms with Gasteiger partial charge < -0.3 is 14.8 Å². The average molecular weight is 298 g/mol. The predicted octanol–water partition coefficient (Wildman–Crippen LogP) is 3.88. The number of hydrogen-bond donors (Lipinski definition) is 1. The monoisotopic (exact) mass is 297 g/mol. The first-order valence-electron chi connectivity index (χ1n) is 7.19. The van der Waals surface area contributed by atoms with E-state index in [0.717, 1.165) is 24.4 Å². The van der Waals surface area contributed by atoms with Crippen molar-refractivity contribution in [3.63, 3.8) is 0 Å². The molecule has 20 heavy (non-hydrogen) atoms. The van der Waals surface area contributed by atoms with Crippen LogP contribution in [0.4, 0.5) is 0 Å². The smallest absolute Gasteiger partial charge is 0.179 e. The molecule has 1 aromatic rings. The van der Waals surface area contributed by atoms with Crippen LogP contribution in [0.15, 0.2) is 12.1 Å². The zero-order chi connectivity index (χ0) is 14.8. The Labute approximate surface area is 126 Å². The van der Waals surface area contributed by atoms with Crippen molar-refractivity contribution in [2.24, 2.45) is 11.3 Å². The summed E-state index contributed by atoms with van der Waals surface area (Å²) < 4.78 is 11.1. The molecule has 0 saturated heterocycles. The first-order valence-corrected chi connectivity index (χ1v) is 7.56. The Morgan fingerprint density at radius 2 is 1.95 bits per heavy atom. The van der Waals surface area contributed by atoms with Crippen molar-refractivity contribution in [3.05, 3.63) is 22.7 Å². The standard InChI is InChI=1S/C16H24ClNO2/c1-11(2)16(3,4)10-18-9-12-7-13(17)15-14(8-12)19-5-6-20-15/h7-8,11,18H,5-6,9-10H2,1-4H3. The summed E-state index contributed by atoms with van der Waals surface area (Å²) in [6, 6.07) is 3.96. The Morgan fingerprint density at radius 1 is 1.25 bits per heavy atom. The van der Waals surface area contributed by atoms with Gasteiger partial charge in [-0.05, 0) is 29.0 Å². The first kappa shape index (κ1) is 15.5. The van der Waals surface area contributed by atoms with E-state index >= 15 is 0 Å². The highest BCUT2D eigenvalue weighted by molar-refractivity contribution is 6.32. The van der Waals surface area contributed by atoms with Crippen LogP contribution < -0.4 is 14.8 Å². The molecule has 1 aromatic carbocycles. The highest BCUT2D eigenvalue weighted by Crippen LogP contribution is 2.38. The second kappa shape index (κ2) is 6.23. The Kier molecular flexibility index (Phi) is 4.82. The highest BCUT2D eigenvalue weighted by atomic mass is 35.5. The molecule has 3 nitrogen and oxygen atoms in total. The van der Waals surface area contributed by atoms with Crippen LogP contribution in [-0.4, -0.2) is 19.8 Å². The van der Waals surface area contributed by atoms with Gasteiger partial charge in [0, 0.05) is 13.1 Å². The van der Waals surface area contributed by atoms with E-state index in [-0.39, 0.29) is 5.41 Å². The van der Waals surface area contributed by atoms with Crippen LogP contribution in [0.3, 0.4) is 0 Å². The summed E-state index contributed by atoms with van der Waals surface area (Å²) in [6.45, 7) is 12.0. The van der Waals surface area contributed by atoms with Crippen LogP contribution in [-0.2, 0) is 6.54 Å². The van der Waals surface area contributed by atoms with Crippen molar-refractivity contribution in [3.8, 4) is 11.5 Å². The van der Waals surface area contributed by atoms with Gasteiger partial charge in [0.25, 0.3) is 0 Å². The third-order valence-corrected chi connectivity index (χ3v) is 4.41. The SMILES string of the molecule is CC(C)C(C)(C)CNCc1cc(Cl)c2c(c1)OCCO2. The van der Waals surface area contributed by atoms with Gasteiger partial charge in [-0.1, -0.05) is 39.3 Å². The number of hydrogen-bond acceptors (Lipinski definition) is 3. The lowest BCUT2D eigenvalue weighted by Crippen LogP contribution is -2.33. The van der Waals surface area contributed by atoms with Crippen molar-refractivity contribution >= 4 is 11.6 Å². The Hall–Kier alpha value is -0.930. The van der Waals surface area contributed by atoms with Crippen molar-refractivity contribution < 1.29 is 9.47 Å². The molecular weight excluding hydrogens is 274 g/mol. The Balaban J connectivity index is 1.99. The molecule has 0 bridgehead atoms. The van der Waals surface area contributed by atoms with Gasteiger partial charge >= 0.3 is 0 Å². The summed E-state index contributed by atoms with van der Waals surface area (Å²) in [5.74, 6) is 2.06. The largest absolute Gasteiger partial charge is 0.486 e. The molecule has 112 valence electrons. The summed E-state index contributed by atoms with van der Waals surface area (Å²) in [5, 5.41) is 4.13. The molecule has 0 unspecified atom stereocenters. The molecule has 1 aliphatic heterocycles. The molecule has 0 fully saturated rings. The van der Waals surface area contributed by atoms with Crippen molar-refractivity contribution in [1.29, 1.82) is 0 Å². The van der Waals surface area contributed by atoms with Crippen LogP contribution in [0.1, 0.15) is 33.3 Å². The number of nitrogens with one attached hydrogen (secondary N) is 1. The molecule has 4 heteroatoms. The maximum absolute atomic E-state index is 6.23. The molecule has 0 spiro atoms. The summed E-state index contributed by atoms with van der Waals surface area (Å²) in [6.07, 6.45) is 0. The topological polar surface area (TPSA) is 30.5 Å². The van der Waals surface area contributed by atoms with E-state index in [9.17, 15) is 0 Å². The molecule has 1 N–H and O–H groups in total. The molecule has 0 aromatic heterocycles. The van der Waals surface area contributed by atoms with Gasteiger partial charge in [-0.2, -0.15) is 0 Å².